The van der Waals surface area contributed by atoms with Crippen LogP contribution in [0.4, 0.5) is 15.8 Å². The Kier molecular flexibility index (Phi) is 3.28. The van der Waals surface area contributed by atoms with Crippen molar-refractivity contribution in [3.8, 4) is 0 Å². The molecule has 0 aliphatic heterocycles. The zero-order chi connectivity index (χ0) is 14.8. The topological polar surface area (TPSA) is 55.1 Å². The standard InChI is InChI=1S/C17H13FN2O/c18-14-9-4-8-13(16(14)19)17(21)20-15-10-3-6-11-5-1-2-7-12(11)15/h1-10H,19H2,(H,20,21). The molecule has 0 aromatic heterocycles. The van der Waals surface area contributed by atoms with Crippen molar-refractivity contribution in [3.63, 3.8) is 0 Å². The molecular weight excluding hydrogens is 267 g/mol. The second-order valence-electron chi connectivity index (χ2n) is 4.68. The molecule has 21 heavy (non-hydrogen) atoms. The number of halogens is 1. The van der Waals surface area contributed by atoms with Gasteiger partial charge in [-0.05, 0) is 23.6 Å². The molecule has 3 nitrogen and oxygen atoms in total. The third-order valence-corrected chi connectivity index (χ3v) is 3.34. The van der Waals surface area contributed by atoms with E-state index in [-0.39, 0.29) is 11.3 Å². The van der Waals surface area contributed by atoms with E-state index in [1.807, 2.05) is 36.4 Å². The molecular formula is C17H13FN2O. The molecule has 0 aliphatic carbocycles. The highest BCUT2D eigenvalue weighted by molar-refractivity contribution is 6.11. The van der Waals surface area contributed by atoms with E-state index >= 15 is 0 Å². The summed E-state index contributed by atoms with van der Waals surface area (Å²) in [6.07, 6.45) is 0. The minimum Gasteiger partial charge on any atom is -0.396 e. The summed E-state index contributed by atoms with van der Waals surface area (Å²) in [7, 11) is 0. The largest absolute Gasteiger partial charge is 0.396 e. The Morgan fingerprint density at radius 2 is 1.67 bits per heavy atom. The van der Waals surface area contributed by atoms with Gasteiger partial charge in [0.1, 0.15) is 5.82 Å². The van der Waals surface area contributed by atoms with E-state index in [1.165, 1.54) is 18.2 Å². The number of carbonyl (C=O) groups excluding carboxylic acids is 1. The molecule has 1 amide bonds. The lowest BCUT2D eigenvalue weighted by atomic mass is 10.1. The van der Waals surface area contributed by atoms with Gasteiger partial charge in [0.2, 0.25) is 0 Å². The minimum absolute atomic E-state index is 0.128. The Balaban J connectivity index is 1.99. The van der Waals surface area contributed by atoms with Crippen molar-refractivity contribution in [2.45, 2.75) is 0 Å². The number of hydrogen-bond donors (Lipinski definition) is 2. The third kappa shape index (κ3) is 2.43. The van der Waals surface area contributed by atoms with E-state index in [9.17, 15) is 9.18 Å². The number of anilines is 2. The summed E-state index contributed by atoms with van der Waals surface area (Å²) in [5, 5.41) is 4.72. The fourth-order valence-corrected chi connectivity index (χ4v) is 2.26. The smallest absolute Gasteiger partial charge is 0.257 e. The number of nitrogens with one attached hydrogen (secondary N) is 1. The number of nitrogens with two attached hydrogens (primary N) is 1. The van der Waals surface area contributed by atoms with Gasteiger partial charge in [-0.1, -0.05) is 42.5 Å². The lowest BCUT2D eigenvalue weighted by Gasteiger charge is -2.10. The van der Waals surface area contributed by atoms with Gasteiger partial charge in [0.05, 0.1) is 11.3 Å². The first kappa shape index (κ1) is 13.1. The molecule has 3 rings (SSSR count). The molecule has 0 spiro atoms. The van der Waals surface area contributed by atoms with Crippen molar-refractivity contribution in [2.24, 2.45) is 0 Å². The summed E-state index contributed by atoms with van der Waals surface area (Å²) in [5.74, 6) is -1.02. The number of fused-ring (bicyclic) bond motifs is 1. The Bertz CT molecular complexity index is 825. The van der Waals surface area contributed by atoms with Crippen molar-refractivity contribution in [3.05, 3.63) is 72.0 Å². The molecule has 104 valence electrons. The second-order valence-corrected chi connectivity index (χ2v) is 4.68. The van der Waals surface area contributed by atoms with Crippen molar-refractivity contribution in [1.29, 1.82) is 0 Å². The van der Waals surface area contributed by atoms with E-state index in [0.29, 0.717) is 5.69 Å². The summed E-state index contributed by atoms with van der Waals surface area (Å²) in [6, 6.07) is 17.5. The zero-order valence-electron chi connectivity index (χ0n) is 11.1. The normalized spacial score (nSPS) is 10.5. The number of rotatable bonds is 2. The summed E-state index contributed by atoms with van der Waals surface area (Å²) in [4.78, 5) is 12.3. The van der Waals surface area contributed by atoms with E-state index in [0.717, 1.165) is 10.8 Å². The van der Waals surface area contributed by atoms with Crippen LogP contribution < -0.4 is 11.1 Å². The maximum atomic E-state index is 13.4. The SMILES string of the molecule is Nc1c(F)cccc1C(=O)Nc1cccc2ccccc12. The van der Waals surface area contributed by atoms with Gasteiger partial charge < -0.3 is 11.1 Å². The molecule has 3 N–H and O–H groups in total. The second kappa shape index (κ2) is 5.25. The van der Waals surface area contributed by atoms with Crippen LogP contribution in [0.1, 0.15) is 10.4 Å². The minimum atomic E-state index is -0.597. The van der Waals surface area contributed by atoms with Crippen LogP contribution in [-0.4, -0.2) is 5.91 Å². The van der Waals surface area contributed by atoms with E-state index < -0.39 is 11.7 Å². The molecule has 3 aromatic carbocycles. The Labute approximate surface area is 121 Å². The molecule has 0 saturated carbocycles. The van der Waals surface area contributed by atoms with Crippen LogP contribution in [0.5, 0.6) is 0 Å². The molecule has 0 fully saturated rings. The zero-order valence-corrected chi connectivity index (χ0v) is 11.1. The molecule has 0 atom stereocenters. The highest BCUT2D eigenvalue weighted by Gasteiger charge is 2.13. The maximum absolute atomic E-state index is 13.4. The molecule has 0 bridgehead atoms. The highest BCUT2D eigenvalue weighted by Crippen LogP contribution is 2.24. The molecule has 3 aromatic rings. The van der Waals surface area contributed by atoms with Crippen LogP contribution in [0, 0.1) is 5.82 Å². The maximum Gasteiger partial charge on any atom is 0.257 e. The van der Waals surface area contributed by atoms with Gasteiger partial charge in [0.25, 0.3) is 5.91 Å². The Morgan fingerprint density at radius 1 is 0.952 bits per heavy atom. The van der Waals surface area contributed by atoms with Crippen LogP contribution in [0.15, 0.2) is 60.7 Å². The van der Waals surface area contributed by atoms with Gasteiger partial charge >= 0.3 is 0 Å². The van der Waals surface area contributed by atoms with Gasteiger partial charge in [-0.3, -0.25) is 4.79 Å². The van der Waals surface area contributed by atoms with Crippen molar-refractivity contribution in [2.75, 3.05) is 11.1 Å². The van der Waals surface area contributed by atoms with Gasteiger partial charge in [-0.15, -0.1) is 0 Å². The number of benzene rings is 3. The molecule has 4 heteroatoms. The average Bonchev–Trinajstić information content (AvgIpc) is 2.50. The van der Waals surface area contributed by atoms with Gasteiger partial charge in [-0.2, -0.15) is 0 Å². The number of hydrogen-bond acceptors (Lipinski definition) is 2. The predicted octanol–water partition coefficient (Wildman–Crippen LogP) is 3.81. The summed E-state index contributed by atoms with van der Waals surface area (Å²) in [5.41, 5.74) is 6.27. The number of carbonyl (C=O) groups is 1. The first-order chi connectivity index (χ1) is 10.2. The van der Waals surface area contributed by atoms with E-state index in [2.05, 4.69) is 5.32 Å². The van der Waals surface area contributed by atoms with Gasteiger partial charge in [-0.25, -0.2) is 4.39 Å². The Morgan fingerprint density at radius 3 is 2.52 bits per heavy atom. The highest BCUT2D eigenvalue weighted by atomic mass is 19.1. The van der Waals surface area contributed by atoms with Gasteiger partial charge in [0.15, 0.2) is 0 Å². The predicted molar refractivity (Wildman–Crippen MR) is 82.7 cm³/mol. The molecule has 0 aliphatic rings. The quantitative estimate of drug-likeness (QED) is 0.701. The summed E-state index contributed by atoms with van der Waals surface area (Å²) >= 11 is 0. The molecule has 0 heterocycles. The summed E-state index contributed by atoms with van der Waals surface area (Å²) in [6.45, 7) is 0. The van der Waals surface area contributed by atoms with Crippen molar-refractivity contribution in [1.82, 2.24) is 0 Å². The van der Waals surface area contributed by atoms with Gasteiger partial charge in [0, 0.05) is 11.1 Å². The fraction of sp³-hybridized carbons (Fsp3) is 0. The van der Waals surface area contributed by atoms with Crippen molar-refractivity contribution < 1.29 is 9.18 Å². The van der Waals surface area contributed by atoms with E-state index in [4.69, 9.17) is 5.73 Å². The van der Waals surface area contributed by atoms with Crippen LogP contribution in [0.25, 0.3) is 10.8 Å². The van der Waals surface area contributed by atoms with E-state index in [1.54, 1.807) is 6.07 Å². The number of amides is 1. The molecule has 0 radical (unpaired) electrons. The third-order valence-electron chi connectivity index (χ3n) is 3.34. The average molecular weight is 280 g/mol. The van der Waals surface area contributed by atoms with Crippen LogP contribution in [0.2, 0.25) is 0 Å². The lowest BCUT2D eigenvalue weighted by molar-refractivity contribution is 0.102. The first-order valence-electron chi connectivity index (χ1n) is 6.50. The molecule has 0 saturated heterocycles. The first-order valence-corrected chi connectivity index (χ1v) is 6.50. The Hall–Kier alpha value is -2.88. The fourth-order valence-electron chi connectivity index (χ4n) is 2.26. The monoisotopic (exact) mass is 280 g/mol. The summed E-state index contributed by atoms with van der Waals surface area (Å²) < 4.78 is 13.4. The lowest BCUT2D eigenvalue weighted by Crippen LogP contribution is -2.15. The number of para-hydroxylation sites is 1. The van der Waals surface area contributed by atoms with Crippen LogP contribution in [-0.2, 0) is 0 Å². The van der Waals surface area contributed by atoms with Crippen molar-refractivity contribution >= 4 is 28.1 Å². The molecule has 0 unspecified atom stereocenters. The van der Waals surface area contributed by atoms with Crippen LogP contribution in [0.3, 0.4) is 0 Å². The van der Waals surface area contributed by atoms with Crippen LogP contribution >= 0.6 is 0 Å². The number of nitrogen functional groups attached to an aromatic ring is 1.